The lowest BCUT2D eigenvalue weighted by molar-refractivity contribution is 0.0449. The number of aliphatic hydroxyl groups is 1. The maximum Gasteiger partial charge on any atom is 0.0740 e. The fraction of sp³-hybridized carbons (Fsp3) is 0.455. The third-order valence-corrected chi connectivity index (χ3v) is 2.77. The van der Waals surface area contributed by atoms with Gasteiger partial charge in [-0.15, -0.1) is 0 Å². The second-order valence-electron chi connectivity index (χ2n) is 3.89. The normalized spacial score (nSPS) is 18.6. The molecule has 13 heavy (non-hydrogen) atoms. The third-order valence-electron chi connectivity index (χ3n) is 2.77. The minimum Gasteiger partial charge on any atom is -0.389 e. The van der Waals surface area contributed by atoms with Crippen LogP contribution in [-0.4, -0.2) is 17.3 Å². The Bertz CT molecular complexity index is 284. The molecule has 1 aromatic rings. The molecular weight excluding hydrogens is 162 g/mol. The van der Waals surface area contributed by atoms with Gasteiger partial charge in [0.05, 0.1) is 5.60 Å². The monoisotopic (exact) mass is 177 g/mol. The topological polar surface area (TPSA) is 46.2 Å². The summed E-state index contributed by atoms with van der Waals surface area (Å²) in [5.74, 6) is 0. The van der Waals surface area contributed by atoms with Crippen LogP contribution in [0.25, 0.3) is 0 Å². The first-order valence-electron chi connectivity index (χ1n) is 4.73. The molecule has 70 valence electrons. The van der Waals surface area contributed by atoms with Gasteiger partial charge in [0.2, 0.25) is 0 Å². The zero-order valence-electron chi connectivity index (χ0n) is 7.66. The molecule has 0 unspecified atom stereocenters. The lowest BCUT2D eigenvalue weighted by Gasteiger charge is -2.20. The van der Waals surface area contributed by atoms with Crippen molar-refractivity contribution in [1.82, 2.24) is 0 Å². The molecule has 2 heteroatoms. The molecule has 2 rings (SSSR count). The molecule has 1 aromatic carbocycles. The van der Waals surface area contributed by atoms with Gasteiger partial charge in [0.1, 0.15) is 0 Å². The SMILES string of the molecule is NCCC1(O)Cc2ccccc2C1. The maximum atomic E-state index is 10.1. The average Bonchev–Trinajstić information content (AvgIpc) is 2.40. The van der Waals surface area contributed by atoms with E-state index >= 15 is 0 Å². The number of nitrogens with two attached hydrogens (primary N) is 1. The van der Waals surface area contributed by atoms with Gasteiger partial charge < -0.3 is 10.8 Å². The van der Waals surface area contributed by atoms with Gasteiger partial charge in [0.15, 0.2) is 0 Å². The molecule has 0 atom stereocenters. The fourth-order valence-electron chi connectivity index (χ4n) is 2.12. The number of benzene rings is 1. The van der Waals surface area contributed by atoms with Crippen LogP contribution >= 0.6 is 0 Å². The molecule has 0 saturated heterocycles. The summed E-state index contributed by atoms with van der Waals surface area (Å²) in [5, 5.41) is 10.1. The molecule has 0 aromatic heterocycles. The Morgan fingerprint density at radius 1 is 1.23 bits per heavy atom. The van der Waals surface area contributed by atoms with Crippen LogP contribution < -0.4 is 5.73 Å². The largest absolute Gasteiger partial charge is 0.389 e. The van der Waals surface area contributed by atoms with Gasteiger partial charge in [-0.3, -0.25) is 0 Å². The van der Waals surface area contributed by atoms with Gasteiger partial charge in [-0.1, -0.05) is 24.3 Å². The minimum atomic E-state index is -0.571. The molecule has 0 radical (unpaired) electrons. The van der Waals surface area contributed by atoms with Crippen molar-refractivity contribution in [3.63, 3.8) is 0 Å². The molecule has 3 N–H and O–H groups in total. The smallest absolute Gasteiger partial charge is 0.0740 e. The van der Waals surface area contributed by atoms with E-state index in [1.54, 1.807) is 0 Å². The molecule has 0 spiro atoms. The van der Waals surface area contributed by atoms with Crippen molar-refractivity contribution in [2.75, 3.05) is 6.54 Å². The van der Waals surface area contributed by atoms with Crippen molar-refractivity contribution in [3.05, 3.63) is 35.4 Å². The van der Waals surface area contributed by atoms with E-state index < -0.39 is 5.60 Å². The summed E-state index contributed by atoms with van der Waals surface area (Å²) in [4.78, 5) is 0. The Kier molecular flexibility index (Phi) is 2.10. The van der Waals surface area contributed by atoms with Crippen molar-refractivity contribution in [2.24, 2.45) is 5.73 Å². The van der Waals surface area contributed by atoms with Gasteiger partial charge in [0.25, 0.3) is 0 Å². The highest BCUT2D eigenvalue weighted by Gasteiger charge is 2.33. The number of hydrogen-bond donors (Lipinski definition) is 2. The van der Waals surface area contributed by atoms with Crippen LogP contribution in [0.2, 0.25) is 0 Å². The van der Waals surface area contributed by atoms with E-state index in [-0.39, 0.29) is 0 Å². The van der Waals surface area contributed by atoms with Crippen molar-refractivity contribution in [2.45, 2.75) is 24.9 Å². The summed E-state index contributed by atoms with van der Waals surface area (Å²) in [7, 11) is 0. The fourth-order valence-corrected chi connectivity index (χ4v) is 2.12. The van der Waals surface area contributed by atoms with Crippen LogP contribution in [0.5, 0.6) is 0 Å². The Morgan fingerprint density at radius 3 is 2.23 bits per heavy atom. The summed E-state index contributed by atoms with van der Waals surface area (Å²) in [6, 6.07) is 8.22. The quantitative estimate of drug-likeness (QED) is 0.704. The van der Waals surface area contributed by atoms with Gasteiger partial charge in [-0.05, 0) is 24.1 Å². The Labute approximate surface area is 78.4 Å². The van der Waals surface area contributed by atoms with E-state index in [9.17, 15) is 5.11 Å². The Hall–Kier alpha value is -0.860. The number of fused-ring (bicyclic) bond motifs is 1. The van der Waals surface area contributed by atoms with Crippen LogP contribution in [-0.2, 0) is 12.8 Å². The molecule has 0 heterocycles. The molecule has 0 aliphatic heterocycles. The van der Waals surface area contributed by atoms with Crippen LogP contribution in [0.4, 0.5) is 0 Å². The first-order valence-corrected chi connectivity index (χ1v) is 4.73. The standard InChI is InChI=1S/C11H15NO/c12-6-5-11(13)7-9-3-1-2-4-10(9)8-11/h1-4,13H,5-8,12H2. The first kappa shape index (κ1) is 8.73. The Balaban J connectivity index is 2.21. The number of rotatable bonds is 2. The van der Waals surface area contributed by atoms with Gasteiger partial charge in [-0.25, -0.2) is 0 Å². The number of hydrogen-bond acceptors (Lipinski definition) is 2. The maximum absolute atomic E-state index is 10.1. The summed E-state index contributed by atoms with van der Waals surface area (Å²) >= 11 is 0. The van der Waals surface area contributed by atoms with Crippen LogP contribution in [0.1, 0.15) is 17.5 Å². The van der Waals surface area contributed by atoms with Crippen molar-refractivity contribution in [3.8, 4) is 0 Å². The average molecular weight is 177 g/mol. The van der Waals surface area contributed by atoms with Crippen molar-refractivity contribution in [1.29, 1.82) is 0 Å². The predicted molar refractivity (Wildman–Crippen MR) is 52.5 cm³/mol. The summed E-state index contributed by atoms with van der Waals surface area (Å²) in [6.45, 7) is 0.560. The van der Waals surface area contributed by atoms with E-state index in [1.165, 1.54) is 11.1 Å². The van der Waals surface area contributed by atoms with Crippen molar-refractivity contribution >= 4 is 0 Å². The van der Waals surface area contributed by atoms with Crippen LogP contribution in [0.15, 0.2) is 24.3 Å². The molecule has 2 nitrogen and oxygen atoms in total. The molecule has 0 fully saturated rings. The predicted octanol–water partition coefficient (Wildman–Crippen LogP) is 0.865. The van der Waals surface area contributed by atoms with E-state index in [1.807, 2.05) is 12.1 Å². The second-order valence-corrected chi connectivity index (χ2v) is 3.89. The highest BCUT2D eigenvalue weighted by atomic mass is 16.3. The molecule has 0 amide bonds. The molecule has 1 aliphatic rings. The van der Waals surface area contributed by atoms with E-state index in [4.69, 9.17) is 5.73 Å². The minimum absolute atomic E-state index is 0.560. The van der Waals surface area contributed by atoms with Gasteiger partial charge in [0, 0.05) is 12.8 Å². The molecule has 0 bridgehead atoms. The third kappa shape index (κ3) is 1.60. The van der Waals surface area contributed by atoms with E-state index in [0.29, 0.717) is 13.0 Å². The first-order chi connectivity index (χ1) is 6.23. The van der Waals surface area contributed by atoms with E-state index in [0.717, 1.165) is 12.8 Å². The Morgan fingerprint density at radius 2 is 1.77 bits per heavy atom. The lowest BCUT2D eigenvalue weighted by Crippen LogP contribution is -2.32. The van der Waals surface area contributed by atoms with Crippen LogP contribution in [0.3, 0.4) is 0 Å². The zero-order chi connectivity index (χ0) is 9.31. The van der Waals surface area contributed by atoms with Crippen LogP contribution in [0, 0.1) is 0 Å². The highest BCUT2D eigenvalue weighted by molar-refractivity contribution is 5.35. The highest BCUT2D eigenvalue weighted by Crippen LogP contribution is 2.31. The molecular formula is C11H15NO. The van der Waals surface area contributed by atoms with Gasteiger partial charge >= 0.3 is 0 Å². The summed E-state index contributed by atoms with van der Waals surface area (Å²) < 4.78 is 0. The second kappa shape index (κ2) is 3.13. The summed E-state index contributed by atoms with van der Waals surface area (Å²) in [5.41, 5.74) is 7.45. The zero-order valence-corrected chi connectivity index (χ0v) is 7.66. The summed E-state index contributed by atoms with van der Waals surface area (Å²) in [6.07, 6.45) is 2.22. The molecule has 0 saturated carbocycles. The van der Waals surface area contributed by atoms with Gasteiger partial charge in [-0.2, -0.15) is 0 Å². The van der Waals surface area contributed by atoms with E-state index in [2.05, 4.69) is 12.1 Å². The lowest BCUT2D eigenvalue weighted by atomic mass is 9.96. The van der Waals surface area contributed by atoms with Crippen molar-refractivity contribution < 1.29 is 5.11 Å². The molecule has 1 aliphatic carbocycles.